The number of aromatic nitrogens is 2. The molecule has 4 rings (SSSR count). The number of para-hydroxylation sites is 1. The fourth-order valence-electron chi connectivity index (χ4n) is 4.15. The molecule has 1 atom stereocenters. The lowest BCUT2D eigenvalue weighted by molar-refractivity contribution is -0.150. The summed E-state index contributed by atoms with van der Waals surface area (Å²) in [6.07, 6.45) is 6.51. The fraction of sp³-hybridized carbons (Fsp3) is 0.385. The van der Waals surface area contributed by atoms with Crippen LogP contribution in [0.1, 0.15) is 63.3 Å². The summed E-state index contributed by atoms with van der Waals surface area (Å²) >= 11 is 0. The Balaban J connectivity index is 1.60. The van der Waals surface area contributed by atoms with Crippen molar-refractivity contribution < 1.29 is 14.3 Å². The summed E-state index contributed by atoms with van der Waals surface area (Å²) < 4.78 is 12.1. The van der Waals surface area contributed by atoms with Gasteiger partial charge in [-0.15, -0.1) is 0 Å². The van der Waals surface area contributed by atoms with Crippen LogP contribution in [-0.4, -0.2) is 34.6 Å². The molecule has 3 aromatic rings. The molecule has 0 saturated heterocycles. The molecule has 0 amide bonds. The molecule has 0 unspecified atom stereocenters. The first-order valence-electron chi connectivity index (χ1n) is 11.6. The van der Waals surface area contributed by atoms with Crippen LogP contribution in [0.2, 0.25) is 0 Å². The lowest BCUT2D eigenvalue weighted by Crippen LogP contribution is -2.26. The van der Waals surface area contributed by atoms with E-state index in [1.54, 1.807) is 38.3 Å². The quantitative estimate of drug-likeness (QED) is 0.389. The zero-order valence-corrected chi connectivity index (χ0v) is 19.1. The zero-order valence-electron chi connectivity index (χ0n) is 19.1. The minimum atomic E-state index is -0.690. The smallest absolute Gasteiger partial charge is 0.347 e. The summed E-state index contributed by atoms with van der Waals surface area (Å²) in [5.74, 6) is 1.12. The Hall–Kier alpha value is -3.48. The maximum Gasteiger partial charge on any atom is 0.347 e. The van der Waals surface area contributed by atoms with E-state index in [0.29, 0.717) is 23.3 Å². The number of benzene rings is 2. The largest absolute Gasteiger partial charge is 0.479 e. The number of carbonyl (C=O) groups is 1. The minimum Gasteiger partial charge on any atom is -0.479 e. The minimum absolute atomic E-state index is 0.152. The maximum atomic E-state index is 13.3. The van der Waals surface area contributed by atoms with Gasteiger partial charge >= 0.3 is 5.97 Å². The second-order valence-corrected chi connectivity index (χ2v) is 8.26. The van der Waals surface area contributed by atoms with Crippen LogP contribution >= 0.6 is 0 Å². The molecule has 1 aliphatic rings. The van der Waals surface area contributed by atoms with Crippen LogP contribution in [0.5, 0.6) is 5.75 Å². The van der Waals surface area contributed by atoms with Crippen LogP contribution in [0.3, 0.4) is 0 Å². The van der Waals surface area contributed by atoms with E-state index < -0.39 is 12.1 Å². The molecule has 0 bridgehead atoms. The first-order chi connectivity index (χ1) is 16.1. The standard InChI is InChI=1S/C26H29N3O4/c1-3-32-26(31)18(2)33-21-15-13-19(14-16-21)17-27-29-24(20-9-5-4-6-10-20)28-23-12-8-7-11-22(23)25(29)30/h7-8,11-18,20H,3-6,9-10H2,1-2H3/t18-/m0/s1. The van der Waals surface area contributed by atoms with Gasteiger partial charge in [0.1, 0.15) is 11.6 Å². The van der Waals surface area contributed by atoms with E-state index in [1.807, 2.05) is 30.3 Å². The topological polar surface area (TPSA) is 82.8 Å². The summed E-state index contributed by atoms with van der Waals surface area (Å²) in [6.45, 7) is 3.72. The van der Waals surface area contributed by atoms with Gasteiger partial charge in [0.25, 0.3) is 5.56 Å². The van der Waals surface area contributed by atoms with E-state index in [-0.39, 0.29) is 11.5 Å². The third-order valence-corrected chi connectivity index (χ3v) is 5.88. The van der Waals surface area contributed by atoms with Gasteiger partial charge < -0.3 is 9.47 Å². The molecule has 0 aliphatic heterocycles. The molecule has 172 valence electrons. The van der Waals surface area contributed by atoms with Crippen molar-refractivity contribution in [1.82, 2.24) is 9.66 Å². The van der Waals surface area contributed by atoms with Gasteiger partial charge in [-0.25, -0.2) is 9.78 Å². The molecule has 0 spiro atoms. The molecule has 1 heterocycles. The first kappa shape index (κ1) is 22.7. The van der Waals surface area contributed by atoms with Gasteiger partial charge in [-0.2, -0.15) is 9.78 Å². The van der Waals surface area contributed by atoms with Crippen LogP contribution in [0.25, 0.3) is 10.9 Å². The molecular weight excluding hydrogens is 418 g/mol. The van der Waals surface area contributed by atoms with Crippen LogP contribution in [0, 0.1) is 0 Å². The summed E-state index contributed by atoms with van der Waals surface area (Å²) in [7, 11) is 0. The second-order valence-electron chi connectivity index (χ2n) is 8.26. The number of rotatable bonds is 7. The number of hydrogen-bond acceptors (Lipinski definition) is 6. The Morgan fingerprint density at radius 3 is 2.61 bits per heavy atom. The SMILES string of the molecule is CCOC(=O)[C@H](C)Oc1ccc(C=Nn2c(C3CCCCC3)nc3ccccc3c2=O)cc1. The fourth-order valence-corrected chi connectivity index (χ4v) is 4.15. The van der Waals surface area contributed by atoms with E-state index in [4.69, 9.17) is 14.5 Å². The third-order valence-electron chi connectivity index (χ3n) is 5.88. The van der Waals surface area contributed by atoms with Crippen molar-refractivity contribution in [2.24, 2.45) is 5.10 Å². The molecular formula is C26H29N3O4. The van der Waals surface area contributed by atoms with E-state index in [2.05, 4.69) is 5.10 Å². The summed E-state index contributed by atoms with van der Waals surface area (Å²) in [5, 5.41) is 5.11. The Labute approximate surface area is 193 Å². The zero-order chi connectivity index (χ0) is 23.2. The van der Waals surface area contributed by atoms with Crippen molar-refractivity contribution in [3.05, 3.63) is 70.3 Å². The van der Waals surface area contributed by atoms with E-state index in [0.717, 1.165) is 37.1 Å². The van der Waals surface area contributed by atoms with Crippen molar-refractivity contribution in [3.63, 3.8) is 0 Å². The number of ether oxygens (including phenoxy) is 2. The van der Waals surface area contributed by atoms with E-state index in [9.17, 15) is 9.59 Å². The Kier molecular flexibility index (Phi) is 7.17. The molecule has 0 radical (unpaired) electrons. The van der Waals surface area contributed by atoms with Gasteiger partial charge in [-0.05, 0) is 68.7 Å². The number of fused-ring (bicyclic) bond motifs is 1. The van der Waals surface area contributed by atoms with Crippen LogP contribution in [0.15, 0.2) is 58.4 Å². The normalized spacial score (nSPS) is 15.6. The second kappa shape index (κ2) is 10.4. The predicted octanol–water partition coefficient (Wildman–Crippen LogP) is 4.66. The number of nitrogens with zero attached hydrogens (tertiary/aromatic N) is 3. The van der Waals surface area contributed by atoms with Gasteiger partial charge in [-0.1, -0.05) is 31.4 Å². The van der Waals surface area contributed by atoms with Crippen LogP contribution in [0.4, 0.5) is 0 Å². The van der Waals surface area contributed by atoms with Crippen molar-refractivity contribution >= 4 is 23.1 Å². The van der Waals surface area contributed by atoms with E-state index >= 15 is 0 Å². The van der Waals surface area contributed by atoms with Gasteiger partial charge in [0.05, 0.1) is 23.7 Å². The molecule has 7 nitrogen and oxygen atoms in total. The Morgan fingerprint density at radius 1 is 1.15 bits per heavy atom. The number of carbonyl (C=O) groups excluding carboxylic acids is 1. The average Bonchev–Trinajstić information content (AvgIpc) is 2.85. The highest BCUT2D eigenvalue weighted by Crippen LogP contribution is 2.31. The van der Waals surface area contributed by atoms with Crippen molar-refractivity contribution in [2.75, 3.05) is 6.61 Å². The molecule has 7 heteroatoms. The molecule has 0 N–H and O–H groups in total. The highest BCUT2D eigenvalue weighted by molar-refractivity contribution is 5.81. The maximum absolute atomic E-state index is 13.3. The average molecular weight is 448 g/mol. The number of hydrogen-bond donors (Lipinski definition) is 0. The lowest BCUT2D eigenvalue weighted by atomic mass is 9.88. The van der Waals surface area contributed by atoms with Gasteiger partial charge in [0, 0.05) is 5.92 Å². The summed E-state index contributed by atoms with van der Waals surface area (Å²) in [5.41, 5.74) is 1.37. The molecule has 1 aliphatic carbocycles. The highest BCUT2D eigenvalue weighted by Gasteiger charge is 2.22. The van der Waals surface area contributed by atoms with Crippen molar-refractivity contribution in [3.8, 4) is 5.75 Å². The van der Waals surface area contributed by atoms with Gasteiger partial charge in [0.2, 0.25) is 0 Å². The van der Waals surface area contributed by atoms with E-state index in [1.165, 1.54) is 11.1 Å². The van der Waals surface area contributed by atoms with Crippen molar-refractivity contribution in [1.29, 1.82) is 0 Å². The van der Waals surface area contributed by atoms with Gasteiger partial charge in [0.15, 0.2) is 6.10 Å². The van der Waals surface area contributed by atoms with Gasteiger partial charge in [-0.3, -0.25) is 4.79 Å². The van der Waals surface area contributed by atoms with Crippen molar-refractivity contribution in [2.45, 2.75) is 58.0 Å². The third kappa shape index (κ3) is 5.30. The molecule has 33 heavy (non-hydrogen) atoms. The molecule has 1 aromatic heterocycles. The monoisotopic (exact) mass is 447 g/mol. The molecule has 1 saturated carbocycles. The lowest BCUT2D eigenvalue weighted by Gasteiger charge is -2.22. The first-order valence-corrected chi connectivity index (χ1v) is 11.6. The number of esters is 1. The summed E-state index contributed by atoms with van der Waals surface area (Å²) in [4.78, 5) is 29.8. The van der Waals surface area contributed by atoms with Crippen LogP contribution in [-0.2, 0) is 9.53 Å². The predicted molar refractivity (Wildman–Crippen MR) is 128 cm³/mol. The highest BCUT2D eigenvalue weighted by atomic mass is 16.6. The summed E-state index contributed by atoms with van der Waals surface area (Å²) in [6, 6.07) is 14.6. The molecule has 2 aromatic carbocycles. The Morgan fingerprint density at radius 2 is 1.88 bits per heavy atom. The Bertz CT molecular complexity index is 1190. The van der Waals surface area contributed by atoms with Crippen LogP contribution < -0.4 is 10.3 Å². The molecule has 1 fully saturated rings.